The third-order valence-corrected chi connectivity index (χ3v) is 3.65. The van der Waals surface area contributed by atoms with Gasteiger partial charge in [-0.1, -0.05) is 32.4 Å². The molecule has 0 bridgehead atoms. The Balaban J connectivity index is 2.15. The summed E-state index contributed by atoms with van der Waals surface area (Å²) in [6.45, 7) is 5.14. The van der Waals surface area contributed by atoms with Crippen molar-refractivity contribution in [1.29, 1.82) is 0 Å². The number of hydrogen-bond donors (Lipinski definition) is 1. The topological polar surface area (TPSA) is 29.5 Å². The van der Waals surface area contributed by atoms with Crippen molar-refractivity contribution in [1.82, 2.24) is 0 Å². The fraction of sp³-hybridized carbons (Fsp3) is 0.600. The van der Waals surface area contributed by atoms with Crippen LogP contribution in [0.15, 0.2) is 18.2 Å². The molecule has 2 rings (SSSR count). The van der Waals surface area contributed by atoms with Crippen molar-refractivity contribution in [2.75, 3.05) is 6.61 Å². The van der Waals surface area contributed by atoms with E-state index in [0.29, 0.717) is 5.92 Å². The van der Waals surface area contributed by atoms with Crippen LogP contribution in [0.4, 0.5) is 0 Å². The Kier molecular flexibility index (Phi) is 4.06. The van der Waals surface area contributed by atoms with E-state index in [1.54, 1.807) is 0 Å². The van der Waals surface area contributed by atoms with Gasteiger partial charge in [0, 0.05) is 0 Å². The van der Waals surface area contributed by atoms with Gasteiger partial charge in [0.15, 0.2) is 0 Å². The zero-order valence-electron chi connectivity index (χ0n) is 10.8. The van der Waals surface area contributed by atoms with E-state index in [-0.39, 0.29) is 6.10 Å². The quantitative estimate of drug-likeness (QED) is 0.864. The molecule has 1 aliphatic carbocycles. The molecule has 2 atom stereocenters. The molecule has 1 aromatic carbocycles. The molecule has 0 fully saturated rings. The fourth-order valence-corrected chi connectivity index (χ4v) is 2.28. The first-order valence-corrected chi connectivity index (χ1v) is 6.65. The first kappa shape index (κ1) is 12.4. The number of hydrogen-bond acceptors (Lipinski definition) is 2. The van der Waals surface area contributed by atoms with Gasteiger partial charge >= 0.3 is 0 Å². The number of benzene rings is 1. The summed E-state index contributed by atoms with van der Waals surface area (Å²) in [5.41, 5.74) is 2.28. The molecular formula is C15H22O2. The molecule has 1 aromatic rings. The van der Waals surface area contributed by atoms with Gasteiger partial charge in [0.25, 0.3) is 0 Å². The van der Waals surface area contributed by atoms with E-state index < -0.39 is 0 Å². The molecule has 2 unspecified atom stereocenters. The summed E-state index contributed by atoms with van der Waals surface area (Å²) < 4.78 is 5.89. The molecule has 0 spiro atoms. The Morgan fingerprint density at radius 1 is 1.47 bits per heavy atom. The third kappa shape index (κ3) is 2.81. The third-order valence-electron chi connectivity index (χ3n) is 3.65. The number of fused-ring (bicyclic) bond motifs is 1. The minimum Gasteiger partial charge on any atom is -0.493 e. The molecule has 0 aliphatic heterocycles. The average molecular weight is 234 g/mol. The summed E-state index contributed by atoms with van der Waals surface area (Å²) >= 11 is 0. The van der Waals surface area contributed by atoms with Gasteiger partial charge in [0.2, 0.25) is 0 Å². The van der Waals surface area contributed by atoms with Crippen molar-refractivity contribution in [3.63, 3.8) is 0 Å². The van der Waals surface area contributed by atoms with Gasteiger partial charge in [-0.2, -0.15) is 0 Å². The minimum absolute atomic E-state index is 0.300. The maximum Gasteiger partial charge on any atom is 0.122 e. The molecule has 1 N–H and O–H groups in total. The van der Waals surface area contributed by atoms with Crippen LogP contribution in [0.3, 0.4) is 0 Å². The normalized spacial score (nSPS) is 20.8. The summed E-state index contributed by atoms with van der Waals surface area (Å²) in [4.78, 5) is 0. The lowest BCUT2D eigenvalue weighted by Crippen LogP contribution is -2.13. The fourth-order valence-electron chi connectivity index (χ4n) is 2.28. The molecule has 17 heavy (non-hydrogen) atoms. The van der Waals surface area contributed by atoms with Crippen LogP contribution < -0.4 is 4.74 Å². The van der Waals surface area contributed by atoms with E-state index in [9.17, 15) is 5.11 Å². The maximum absolute atomic E-state index is 9.95. The molecule has 0 saturated carbocycles. The number of aliphatic hydroxyl groups is 1. The van der Waals surface area contributed by atoms with E-state index >= 15 is 0 Å². The Morgan fingerprint density at radius 3 is 3.06 bits per heavy atom. The zero-order chi connectivity index (χ0) is 12.3. The number of aliphatic hydroxyl groups excluding tert-OH is 1. The van der Waals surface area contributed by atoms with Gasteiger partial charge in [-0.3, -0.25) is 0 Å². The highest BCUT2D eigenvalue weighted by Gasteiger charge is 2.20. The first-order valence-electron chi connectivity index (χ1n) is 6.65. The highest BCUT2D eigenvalue weighted by molar-refractivity contribution is 5.42. The molecule has 2 nitrogen and oxygen atoms in total. The van der Waals surface area contributed by atoms with Crippen LogP contribution in [-0.4, -0.2) is 11.7 Å². The minimum atomic E-state index is -0.300. The van der Waals surface area contributed by atoms with Gasteiger partial charge in [0.1, 0.15) is 5.75 Å². The van der Waals surface area contributed by atoms with Gasteiger partial charge in [-0.05, 0) is 42.4 Å². The predicted octanol–water partition coefficient (Wildman–Crippen LogP) is 3.48. The van der Waals surface area contributed by atoms with Crippen LogP contribution in [0.1, 0.15) is 50.3 Å². The van der Waals surface area contributed by atoms with Crippen LogP contribution in [0.5, 0.6) is 5.75 Å². The van der Waals surface area contributed by atoms with Crippen molar-refractivity contribution in [3.8, 4) is 5.75 Å². The van der Waals surface area contributed by atoms with E-state index in [4.69, 9.17) is 4.74 Å². The summed E-state index contributed by atoms with van der Waals surface area (Å²) in [6, 6.07) is 6.04. The lowest BCUT2D eigenvalue weighted by Gasteiger charge is -2.24. The summed E-state index contributed by atoms with van der Waals surface area (Å²) in [5, 5.41) is 9.95. The van der Waals surface area contributed by atoms with Crippen molar-refractivity contribution in [2.24, 2.45) is 5.92 Å². The van der Waals surface area contributed by atoms with Gasteiger partial charge in [0.05, 0.1) is 12.7 Å². The van der Waals surface area contributed by atoms with Crippen LogP contribution in [0.2, 0.25) is 0 Å². The molecule has 0 radical (unpaired) electrons. The Morgan fingerprint density at radius 2 is 2.29 bits per heavy atom. The van der Waals surface area contributed by atoms with Crippen molar-refractivity contribution in [2.45, 2.75) is 45.6 Å². The van der Waals surface area contributed by atoms with E-state index in [2.05, 4.69) is 13.8 Å². The molecule has 0 saturated heterocycles. The van der Waals surface area contributed by atoms with E-state index in [1.165, 1.54) is 5.56 Å². The molecule has 0 amide bonds. The molecular weight excluding hydrogens is 212 g/mol. The second-order valence-corrected chi connectivity index (χ2v) is 5.06. The van der Waals surface area contributed by atoms with Crippen molar-refractivity contribution < 1.29 is 9.84 Å². The second-order valence-electron chi connectivity index (χ2n) is 5.06. The average Bonchev–Trinajstić information content (AvgIpc) is 2.36. The Labute approximate surface area is 104 Å². The maximum atomic E-state index is 9.95. The number of rotatable bonds is 4. The molecule has 1 aliphatic rings. The van der Waals surface area contributed by atoms with Gasteiger partial charge in [-0.15, -0.1) is 0 Å². The molecule has 0 aromatic heterocycles. The summed E-state index contributed by atoms with van der Waals surface area (Å²) in [6.07, 6.45) is 3.80. The standard InChI is InChI=1S/C15H22O2/c1-3-11(2)10-17-15-9-5-6-12-13(15)7-4-8-14(12)16/h5-6,9,11,14,16H,3-4,7-8,10H2,1-2H3. The largest absolute Gasteiger partial charge is 0.493 e. The smallest absolute Gasteiger partial charge is 0.122 e. The van der Waals surface area contributed by atoms with Crippen molar-refractivity contribution in [3.05, 3.63) is 29.3 Å². The van der Waals surface area contributed by atoms with Gasteiger partial charge < -0.3 is 9.84 Å². The van der Waals surface area contributed by atoms with Crippen LogP contribution >= 0.6 is 0 Å². The zero-order valence-corrected chi connectivity index (χ0v) is 10.8. The van der Waals surface area contributed by atoms with Gasteiger partial charge in [-0.25, -0.2) is 0 Å². The summed E-state index contributed by atoms with van der Waals surface area (Å²) in [5.74, 6) is 1.56. The number of ether oxygens (including phenoxy) is 1. The van der Waals surface area contributed by atoms with Crippen LogP contribution in [-0.2, 0) is 6.42 Å². The molecule has 0 heterocycles. The lowest BCUT2D eigenvalue weighted by atomic mass is 9.89. The van der Waals surface area contributed by atoms with Crippen LogP contribution in [0, 0.1) is 5.92 Å². The van der Waals surface area contributed by atoms with Crippen molar-refractivity contribution >= 4 is 0 Å². The molecule has 94 valence electrons. The SMILES string of the molecule is CCC(C)COc1cccc2c1CCCC2O. The highest BCUT2D eigenvalue weighted by atomic mass is 16.5. The first-order chi connectivity index (χ1) is 8.22. The van der Waals surface area contributed by atoms with Crippen LogP contribution in [0.25, 0.3) is 0 Å². The monoisotopic (exact) mass is 234 g/mol. The molecule has 2 heteroatoms. The Bertz CT molecular complexity index is 373. The highest BCUT2D eigenvalue weighted by Crippen LogP contribution is 2.35. The Hall–Kier alpha value is -1.02. The lowest BCUT2D eigenvalue weighted by molar-refractivity contribution is 0.154. The summed E-state index contributed by atoms with van der Waals surface area (Å²) in [7, 11) is 0. The second kappa shape index (κ2) is 5.54. The predicted molar refractivity (Wildman–Crippen MR) is 69.3 cm³/mol. The van der Waals surface area contributed by atoms with E-state index in [1.807, 2.05) is 18.2 Å². The van der Waals surface area contributed by atoms with E-state index in [0.717, 1.165) is 43.6 Å².